The molecule has 0 saturated carbocycles. The smallest absolute Gasteiger partial charge is 0.433 e. The number of anilines is 1. The van der Waals surface area contributed by atoms with Crippen molar-refractivity contribution in [3.63, 3.8) is 0 Å². The number of nitrogens with zero attached hydrogens (tertiary/aromatic N) is 2. The first kappa shape index (κ1) is 13.8. The highest BCUT2D eigenvalue weighted by Gasteiger charge is 2.32. The number of hydrogen-bond acceptors (Lipinski definition) is 4. The van der Waals surface area contributed by atoms with E-state index in [-0.39, 0.29) is 17.1 Å². The van der Waals surface area contributed by atoms with Gasteiger partial charge in [-0.15, -0.1) is 0 Å². The number of aromatic hydroxyl groups is 1. The van der Waals surface area contributed by atoms with Gasteiger partial charge in [-0.1, -0.05) is 0 Å². The molecule has 2 heterocycles. The summed E-state index contributed by atoms with van der Waals surface area (Å²) in [6, 6.07) is 4.47. The zero-order chi connectivity index (χ0) is 14.8. The predicted octanol–water partition coefficient (Wildman–Crippen LogP) is 2.45. The lowest BCUT2D eigenvalue weighted by molar-refractivity contribution is -0.141. The second-order valence-electron chi connectivity index (χ2n) is 3.76. The van der Waals surface area contributed by atoms with Crippen LogP contribution in [-0.2, 0) is 6.18 Å². The lowest BCUT2D eigenvalue weighted by Gasteiger charge is -2.07. The van der Waals surface area contributed by atoms with Gasteiger partial charge in [-0.3, -0.25) is 9.78 Å². The Morgan fingerprint density at radius 1 is 1.20 bits per heavy atom. The molecule has 0 aliphatic heterocycles. The largest absolute Gasteiger partial charge is 0.504 e. The summed E-state index contributed by atoms with van der Waals surface area (Å²) in [5, 5.41) is 11.7. The Balaban J connectivity index is 2.16. The van der Waals surface area contributed by atoms with Crippen molar-refractivity contribution < 1.29 is 23.1 Å². The Bertz CT molecular complexity index is 627. The van der Waals surface area contributed by atoms with Gasteiger partial charge in [0.1, 0.15) is 5.69 Å². The van der Waals surface area contributed by atoms with Crippen LogP contribution in [0, 0.1) is 0 Å². The lowest BCUT2D eigenvalue weighted by atomic mass is 10.2. The number of amides is 1. The van der Waals surface area contributed by atoms with Crippen LogP contribution in [-0.4, -0.2) is 21.0 Å². The van der Waals surface area contributed by atoms with Gasteiger partial charge in [0, 0.05) is 12.4 Å². The Labute approximate surface area is 111 Å². The molecule has 0 radical (unpaired) electrons. The number of alkyl halides is 3. The SMILES string of the molecule is O=C(Nc1ncccc1O)c1ccc(C(F)(F)F)nc1. The van der Waals surface area contributed by atoms with E-state index in [1.165, 1.54) is 18.3 Å². The fraction of sp³-hybridized carbons (Fsp3) is 0.0833. The second kappa shape index (κ2) is 5.16. The molecule has 0 bridgehead atoms. The van der Waals surface area contributed by atoms with Crippen molar-refractivity contribution in [2.24, 2.45) is 0 Å². The van der Waals surface area contributed by atoms with Crippen molar-refractivity contribution >= 4 is 11.7 Å². The molecule has 2 N–H and O–H groups in total. The standard InChI is InChI=1S/C12H8F3N3O2/c13-12(14,15)9-4-3-7(6-17-9)11(20)18-10-8(19)2-1-5-16-10/h1-6,19H,(H,16,18,20). The summed E-state index contributed by atoms with van der Waals surface area (Å²) in [5.41, 5.74) is -1.17. The van der Waals surface area contributed by atoms with E-state index < -0.39 is 17.8 Å². The summed E-state index contributed by atoms with van der Waals surface area (Å²) in [7, 11) is 0. The first-order chi connectivity index (χ1) is 9.38. The minimum Gasteiger partial charge on any atom is -0.504 e. The summed E-state index contributed by atoms with van der Waals surface area (Å²) < 4.78 is 36.9. The molecule has 2 aromatic rings. The quantitative estimate of drug-likeness (QED) is 0.887. The third-order valence-electron chi connectivity index (χ3n) is 2.33. The number of aromatic nitrogens is 2. The van der Waals surface area contributed by atoms with E-state index in [1.54, 1.807) is 0 Å². The first-order valence-corrected chi connectivity index (χ1v) is 5.36. The minimum atomic E-state index is -4.56. The third-order valence-corrected chi connectivity index (χ3v) is 2.33. The number of nitrogens with one attached hydrogen (secondary N) is 1. The molecule has 2 aromatic heterocycles. The van der Waals surface area contributed by atoms with Gasteiger partial charge in [-0.25, -0.2) is 4.98 Å². The first-order valence-electron chi connectivity index (χ1n) is 5.36. The van der Waals surface area contributed by atoms with E-state index in [0.717, 1.165) is 12.3 Å². The van der Waals surface area contributed by atoms with Crippen molar-refractivity contribution in [2.45, 2.75) is 6.18 Å². The lowest BCUT2D eigenvalue weighted by Crippen LogP contribution is -2.15. The number of carbonyl (C=O) groups is 1. The summed E-state index contributed by atoms with van der Waals surface area (Å²) in [6.07, 6.45) is -2.41. The normalized spacial score (nSPS) is 11.2. The second-order valence-corrected chi connectivity index (χ2v) is 3.76. The monoisotopic (exact) mass is 283 g/mol. The van der Waals surface area contributed by atoms with Gasteiger partial charge in [-0.05, 0) is 24.3 Å². The Hall–Kier alpha value is -2.64. The summed E-state index contributed by atoms with van der Waals surface area (Å²) in [6.45, 7) is 0. The average Bonchev–Trinajstić information content (AvgIpc) is 2.40. The molecule has 1 amide bonds. The summed E-state index contributed by atoms with van der Waals surface area (Å²) in [4.78, 5) is 18.6. The molecule has 0 aromatic carbocycles. The maximum atomic E-state index is 12.3. The van der Waals surface area contributed by atoms with Crippen LogP contribution in [0.2, 0.25) is 0 Å². The van der Waals surface area contributed by atoms with Crippen LogP contribution < -0.4 is 5.32 Å². The molecule has 5 nitrogen and oxygen atoms in total. The van der Waals surface area contributed by atoms with Crippen molar-refractivity contribution in [1.82, 2.24) is 9.97 Å². The molecule has 0 unspecified atom stereocenters. The highest BCUT2D eigenvalue weighted by atomic mass is 19.4. The van der Waals surface area contributed by atoms with E-state index in [0.29, 0.717) is 6.07 Å². The van der Waals surface area contributed by atoms with Crippen LogP contribution in [0.1, 0.15) is 16.1 Å². The van der Waals surface area contributed by atoms with Crippen LogP contribution in [0.25, 0.3) is 0 Å². The van der Waals surface area contributed by atoms with E-state index in [9.17, 15) is 23.1 Å². The van der Waals surface area contributed by atoms with Crippen molar-refractivity contribution in [3.8, 4) is 5.75 Å². The van der Waals surface area contributed by atoms with Crippen LogP contribution >= 0.6 is 0 Å². The zero-order valence-electron chi connectivity index (χ0n) is 9.85. The molecule has 0 aliphatic rings. The number of carbonyl (C=O) groups excluding carboxylic acids is 1. The Kier molecular flexibility index (Phi) is 3.55. The molecule has 104 valence electrons. The zero-order valence-corrected chi connectivity index (χ0v) is 9.85. The number of halogens is 3. The number of hydrogen-bond donors (Lipinski definition) is 2. The topological polar surface area (TPSA) is 75.1 Å². The highest BCUT2D eigenvalue weighted by Crippen LogP contribution is 2.27. The van der Waals surface area contributed by atoms with Crippen molar-refractivity contribution in [3.05, 3.63) is 47.9 Å². The van der Waals surface area contributed by atoms with Crippen LogP contribution in [0.3, 0.4) is 0 Å². The molecule has 20 heavy (non-hydrogen) atoms. The number of rotatable bonds is 2. The molecule has 0 atom stereocenters. The molecular weight excluding hydrogens is 275 g/mol. The maximum Gasteiger partial charge on any atom is 0.433 e. The third kappa shape index (κ3) is 3.02. The number of pyridine rings is 2. The summed E-state index contributed by atoms with van der Waals surface area (Å²) >= 11 is 0. The minimum absolute atomic E-state index is 0.0805. The van der Waals surface area contributed by atoms with Crippen molar-refractivity contribution in [1.29, 1.82) is 0 Å². The van der Waals surface area contributed by atoms with E-state index >= 15 is 0 Å². The van der Waals surface area contributed by atoms with Gasteiger partial charge in [0.15, 0.2) is 11.6 Å². The molecular formula is C12H8F3N3O2. The maximum absolute atomic E-state index is 12.3. The van der Waals surface area contributed by atoms with Gasteiger partial charge in [0.25, 0.3) is 5.91 Å². The van der Waals surface area contributed by atoms with Crippen molar-refractivity contribution in [2.75, 3.05) is 5.32 Å². The fourth-order valence-corrected chi connectivity index (χ4v) is 1.37. The van der Waals surface area contributed by atoms with Gasteiger partial charge in [0.05, 0.1) is 5.56 Å². The fourth-order valence-electron chi connectivity index (χ4n) is 1.37. The molecule has 0 fully saturated rings. The Morgan fingerprint density at radius 2 is 1.95 bits per heavy atom. The van der Waals surface area contributed by atoms with Gasteiger partial charge in [0.2, 0.25) is 0 Å². The summed E-state index contributed by atoms with van der Waals surface area (Å²) in [5.74, 6) is -1.06. The van der Waals surface area contributed by atoms with E-state index in [2.05, 4.69) is 15.3 Å². The predicted molar refractivity (Wildman–Crippen MR) is 63.1 cm³/mol. The van der Waals surface area contributed by atoms with E-state index in [4.69, 9.17) is 0 Å². The van der Waals surface area contributed by atoms with Crippen LogP contribution in [0.4, 0.5) is 19.0 Å². The molecule has 2 rings (SSSR count). The van der Waals surface area contributed by atoms with E-state index in [1.807, 2.05) is 0 Å². The Morgan fingerprint density at radius 3 is 2.50 bits per heavy atom. The van der Waals surface area contributed by atoms with Crippen LogP contribution in [0.5, 0.6) is 5.75 Å². The van der Waals surface area contributed by atoms with Crippen LogP contribution in [0.15, 0.2) is 36.7 Å². The molecule has 0 saturated heterocycles. The average molecular weight is 283 g/mol. The molecule has 0 spiro atoms. The van der Waals surface area contributed by atoms with Gasteiger partial charge < -0.3 is 10.4 Å². The van der Waals surface area contributed by atoms with Gasteiger partial charge in [-0.2, -0.15) is 13.2 Å². The molecule has 0 aliphatic carbocycles. The highest BCUT2D eigenvalue weighted by molar-refractivity contribution is 6.04. The molecule has 8 heteroatoms. The van der Waals surface area contributed by atoms with Gasteiger partial charge >= 0.3 is 6.18 Å².